The van der Waals surface area contributed by atoms with Gasteiger partial charge in [-0.1, -0.05) is 74.5 Å². The third kappa shape index (κ3) is 3.75. The third-order valence-corrected chi connectivity index (χ3v) is 5.67. The number of allylic oxidation sites excluding steroid dienone is 1. The van der Waals surface area contributed by atoms with E-state index in [0.717, 1.165) is 22.5 Å². The molecule has 0 aromatic heterocycles. The van der Waals surface area contributed by atoms with Gasteiger partial charge in [-0.3, -0.25) is 9.59 Å². The van der Waals surface area contributed by atoms with E-state index in [2.05, 4.69) is 30.9 Å². The van der Waals surface area contributed by atoms with Crippen LogP contribution in [0.5, 0.6) is 0 Å². The standard InChI is InChI=1S/C25H25NO3/c1-25(2)14-21-23(22(27)15-25)19(24(28)29)13-20(18-11-7-4-8-12-18)26(21)16-17-9-5-3-6-10-17/h3-13,19H,14-16H2,1-2H3,(H,28,29). The number of rotatable bonds is 4. The molecular formula is C25H25NO3. The van der Waals surface area contributed by atoms with Crippen molar-refractivity contribution in [3.8, 4) is 0 Å². The van der Waals surface area contributed by atoms with Crippen molar-refractivity contribution in [1.82, 2.24) is 4.90 Å². The molecule has 0 amide bonds. The van der Waals surface area contributed by atoms with Gasteiger partial charge in [0.15, 0.2) is 5.78 Å². The van der Waals surface area contributed by atoms with Crippen LogP contribution < -0.4 is 0 Å². The van der Waals surface area contributed by atoms with Crippen molar-refractivity contribution < 1.29 is 14.7 Å². The van der Waals surface area contributed by atoms with E-state index in [1.807, 2.05) is 48.5 Å². The Morgan fingerprint density at radius 1 is 1.03 bits per heavy atom. The lowest BCUT2D eigenvalue weighted by Gasteiger charge is -2.43. The summed E-state index contributed by atoms with van der Waals surface area (Å²) in [5.41, 5.74) is 4.03. The second-order valence-corrected chi connectivity index (χ2v) is 8.61. The van der Waals surface area contributed by atoms with Crippen LogP contribution in [0.1, 0.15) is 37.8 Å². The van der Waals surface area contributed by atoms with Crippen LogP contribution in [-0.2, 0) is 16.1 Å². The number of hydrogen-bond donors (Lipinski definition) is 1. The Balaban J connectivity index is 1.89. The summed E-state index contributed by atoms with van der Waals surface area (Å²) in [6, 6.07) is 19.9. The summed E-state index contributed by atoms with van der Waals surface area (Å²) in [5, 5.41) is 9.92. The third-order valence-electron chi connectivity index (χ3n) is 5.67. The first-order chi connectivity index (χ1) is 13.9. The molecule has 0 spiro atoms. The fraction of sp³-hybridized carbons (Fsp3) is 0.280. The molecule has 1 unspecified atom stereocenters. The molecular weight excluding hydrogens is 362 g/mol. The van der Waals surface area contributed by atoms with E-state index in [9.17, 15) is 14.7 Å². The predicted molar refractivity (Wildman–Crippen MR) is 113 cm³/mol. The molecule has 1 N–H and O–H groups in total. The molecule has 2 aromatic rings. The quantitative estimate of drug-likeness (QED) is 0.812. The monoisotopic (exact) mass is 387 g/mol. The van der Waals surface area contributed by atoms with Crippen LogP contribution in [0, 0.1) is 11.3 Å². The minimum absolute atomic E-state index is 0.0509. The Kier molecular flexibility index (Phi) is 4.87. The first-order valence-corrected chi connectivity index (χ1v) is 9.93. The zero-order chi connectivity index (χ0) is 20.6. The Morgan fingerprint density at radius 2 is 1.66 bits per heavy atom. The van der Waals surface area contributed by atoms with E-state index in [0.29, 0.717) is 25.0 Å². The van der Waals surface area contributed by atoms with Crippen molar-refractivity contribution in [3.63, 3.8) is 0 Å². The number of nitrogens with zero attached hydrogens (tertiary/aromatic N) is 1. The number of carbonyl (C=O) groups is 2. The minimum atomic E-state index is -0.974. The fourth-order valence-electron chi connectivity index (χ4n) is 4.37. The maximum Gasteiger partial charge on any atom is 0.315 e. The highest BCUT2D eigenvalue weighted by Crippen LogP contribution is 2.46. The number of aliphatic carboxylic acids is 1. The molecule has 0 saturated carbocycles. The van der Waals surface area contributed by atoms with Gasteiger partial charge in [-0.15, -0.1) is 0 Å². The predicted octanol–water partition coefficient (Wildman–Crippen LogP) is 4.89. The maximum atomic E-state index is 13.0. The largest absolute Gasteiger partial charge is 0.481 e. The fourth-order valence-corrected chi connectivity index (χ4v) is 4.37. The number of carboxylic acid groups (broad SMARTS) is 1. The van der Waals surface area contributed by atoms with Crippen LogP contribution in [0.3, 0.4) is 0 Å². The van der Waals surface area contributed by atoms with E-state index in [4.69, 9.17) is 0 Å². The van der Waals surface area contributed by atoms with Crippen LogP contribution in [0.25, 0.3) is 5.70 Å². The van der Waals surface area contributed by atoms with Crippen molar-refractivity contribution in [2.45, 2.75) is 33.2 Å². The molecule has 2 aromatic carbocycles. The first kappa shape index (κ1) is 19.2. The normalized spacial score (nSPS) is 20.9. The van der Waals surface area contributed by atoms with Gasteiger partial charge in [-0.05, 0) is 29.0 Å². The topological polar surface area (TPSA) is 57.6 Å². The van der Waals surface area contributed by atoms with Crippen LogP contribution in [0.15, 0.2) is 78.0 Å². The molecule has 4 nitrogen and oxygen atoms in total. The van der Waals surface area contributed by atoms with Crippen LogP contribution >= 0.6 is 0 Å². The van der Waals surface area contributed by atoms with E-state index in [1.165, 1.54) is 0 Å². The van der Waals surface area contributed by atoms with E-state index >= 15 is 0 Å². The highest BCUT2D eigenvalue weighted by Gasteiger charge is 2.43. The van der Waals surface area contributed by atoms with Gasteiger partial charge in [0.1, 0.15) is 5.92 Å². The average molecular weight is 387 g/mol. The Hall–Kier alpha value is -3.14. The van der Waals surface area contributed by atoms with Gasteiger partial charge in [-0.2, -0.15) is 0 Å². The summed E-state index contributed by atoms with van der Waals surface area (Å²) in [7, 11) is 0. The van der Waals surface area contributed by atoms with Gasteiger partial charge in [0, 0.05) is 29.9 Å². The maximum absolute atomic E-state index is 13.0. The summed E-state index contributed by atoms with van der Waals surface area (Å²) >= 11 is 0. The van der Waals surface area contributed by atoms with Gasteiger partial charge in [0.05, 0.1) is 0 Å². The highest BCUT2D eigenvalue weighted by molar-refractivity contribution is 6.04. The molecule has 1 atom stereocenters. The van der Waals surface area contributed by atoms with Crippen molar-refractivity contribution in [1.29, 1.82) is 0 Å². The molecule has 1 aliphatic carbocycles. The minimum Gasteiger partial charge on any atom is -0.481 e. The second-order valence-electron chi connectivity index (χ2n) is 8.61. The zero-order valence-electron chi connectivity index (χ0n) is 16.8. The van der Waals surface area contributed by atoms with Gasteiger partial charge in [0.2, 0.25) is 0 Å². The number of ketones is 1. The van der Waals surface area contributed by atoms with Crippen molar-refractivity contribution in [2.75, 3.05) is 0 Å². The molecule has 4 rings (SSSR count). The van der Waals surface area contributed by atoms with Gasteiger partial charge in [-0.25, -0.2) is 0 Å². The molecule has 29 heavy (non-hydrogen) atoms. The summed E-state index contributed by atoms with van der Waals surface area (Å²) < 4.78 is 0. The zero-order valence-corrected chi connectivity index (χ0v) is 16.8. The summed E-state index contributed by atoms with van der Waals surface area (Å²) in [5.74, 6) is -1.93. The van der Waals surface area contributed by atoms with Crippen LogP contribution in [-0.4, -0.2) is 21.8 Å². The van der Waals surface area contributed by atoms with E-state index < -0.39 is 11.9 Å². The van der Waals surface area contributed by atoms with Crippen molar-refractivity contribution in [3.05, 3.63) is 89.1 Å². The van der Waals surface area contributed by atoms with Crippen LogP contribution in [0.4, 0.5) is 0 Å². The van der Waals surface area contributed by atoms with E-state index in [1.54, 1.807) is 6.08 Å². The number of Topliss-reactive ketones (excluding diaryl/α,β-unsaturated/α-hetero) is 1. The number of benzene rings is 2. The number of hydrogen-bond acceptors (Lipinski definition) is 3. The lowest BCUT2D eigenvalue weighted by atomic mass is 9.71. The molecule has 2 aliphatic rings. The first-order valence-electron chi connectivity index (χ1n) is 9.93. The van der Waals surface area contributed by atoms with Crippen molar-refractivity contribution >= 4 is 17.4 Å². The lowest BCUT2D eigenvalue weighted by molar-refractivity contribution is -0.140. The number of carboxylic acids is 1. The second kappa shape index (κ2) is 7.36. The molecule has 0 bridgehead atoms. The smallest absolute Gasteiger partial charge is 0.315 e. The van der Waals surface area contributed by atoms with E-state index in [-0.39, 0.29) is 11.2 Å². The highest BCUT2D eigenvalue weighted by atomic mass is 16.4. The molecule has 1 aliphatic heterocycles. The summed E-state index contributed by atoms with van der Waals surface area (Å²) in [6.45, 7) is 4.74. The average Bonchev–Trinajstić information content (AvgIpc) is 2.69. The number of carbonyl (C=O) groups excluding carboxylic acids is 1. The summed E-state index contributed by atoms with van der Waals surface area (Å²) in [6.07, 6.45) is 2.80. The molecule has 1 heterocycles. The Labute approximate surface area is 171 Å². The SMILES string of the molecule is CC1(C)CC(=O)C2=C(C1)N(Cc1ccccc1)C(c1ccccc1)=CC2C(=O)O. The van der Waals surface area contributed by atoms with Crippen molar-refractivity contribution in [2.24, 2.45) is 11.3 Å². The molecule has 4 heteroatoms. The summed E-state index contributed by atoms with van der Waals surface area (Å²) in [4.78, 5) is 27.3. The lowest BCUT2D eigenvalue weighted by Crippen LogP contribution is -2.39. The molecule has 0 radical (unpaired) electrons. The Morgan fingerprint density at radius 3 is 2.28 bits per heavy atom. The van der Waals surface area contributed by atoms with Gasteiger partial charge < -0.3 is 10.0 Å². The molecule has 148 valence electrons. The molecule has 0 saturated heterocycles. The van der Waals surface area contributed by atoms with Gasteiger partial charge in [0.25, 0.3) is 0 Å². The van der Waals surface area contributed by atoms with Gasteiger partial charge >= 0.3 is 5.97 Å². The molecule has 0 fully saturated rings. The Bertz CT molecular complexity index is 1000. The van der Waals surface area contributed by atoms with Crippen LogP contribution in [0.2, 0.25) is 0 Å².